The number of amides is 1. The van der Waals surface area contributed by atoms with Gasteiger partial charge in [-0.15, -0.1) is 0 Å². The average molecular weight is 436 g/mol. The van der Waals surface area contributed by atoms with Gasteiger partial charge in [0.15, 0.2) is 0 Å². The zero-order valence-corrected chi connectivity index (χ0v) is 17.9. The van der Waals surface area contributed by atoms with Crippen molar-refractivity contribution in [2.24, 2.45) is 0 Å². The molecule has 0 aliphatic carbocycles. The van der Waals surface area contributed by atoms with Gasteiger partial charge in [0.2, 0.25) is 11.9 Å². The molecule has 4 rings (SSSR count). The number of nitrogens with zero attached hydrogens (tertiary/aromatic N) is 3. The van der Waals surface area contributed by atoms with E-state index in [9.17, 15) is 9.18 Å². The Bertz CT molecular complexity index is 1090. The number of methoxy groups -OCH3 is 1. The highest BCUT2D eigenvalue weighted by Gasteiger charge is 2.29. The summed E-state index contributed by atoms with van der Waals surface area (Å²) in [5.74, 6) is 0.444. The Labute approximate surface area is 186 Å². The van der Waals surface area contributed by atoms with Crippen molar-refractivity contribution in [2.75, 3.05) is 31.2 Å². The van der Waals surface area contributed by atoms with Crippen LogP contribution in [0.1, 0.15) is 31.0 Å². The summed E-state index contributed by atoms with van der Waals surface area (Å²) in [6.45, 7) is 0.969. The number of anilines is 2. The Morgan fingerprint density at radius 1 is 1.25 bits per heavy atom. The molecule has 0 radical (unpaired) electrons. The smallest absolute Gasteiger partial charge is 0.238 e. The molecule has 0 spiro atoms. The Kier molecular flexibility index (Phi) is 6.61. The first kappa shape index (κ1) is 21.7. The van der Waals surface area contributed by atoms with Gasteiger partial charge in [-0.3, -0.25) is 9.69 Å². The number of hydrogen-bond acceptors (Lipinski definition) is 6. The van der Waals surface area contributed by atoms with Gasteiger partial charge in [-0.25, -0.2) is 14.4 Å². The minimum Gasteiger partial charge on any atom is -0.497 e. The highest BCUT2D eigenvalue weighted by Crippen LogP contribution is 2.36. The lowest BCUT2D eigenvalue weighted by molar-refractivity contribution is -0.118. The summed E-state index contributed by atoms with van der Waals surface area (Å²) in [7, 11) is 1.60. The van der Waals surface area contributed by atoms with Crippen LogP contribution in [0.2, 0.25) is 0 Å². The molecule has 1 aliphatic rings. The predicted molar refractivity (Wildman–Crippen MR) is 122 cm³/mol. The van der Waals surface area contributed by atoms with Crippen molar-refractivity contribution in [3.63, 3.8) is 0 Å². The molecule has 2 heterocycles. The Balaban J connectivity index is 1.57. The van der Waals surface area contributed by atoms with Crippen LogP contribution >= 0.6 is 0 Å². The zero-order valence-electron chi connectivity index (χ0n) is 17.9. The second kappa shape index (κ2) is 9.74. The molecule has 1 amide bonds. The molecule has 1 fully saturated rings. The van der Waals surface area contributed by atoms with Crippen molar-refractivity contribution in [3.05, 3.63) is 66.2 Å². The maximum absolute atomic E-state index is 13.9. The van der Waals surface area contributed by atoms with Gasteiger partial charge in [-0.05, 0) is 61.3 Å². The third kappa shape index (κ3) is 5.03. The summed E-state index contributed by atoms with van der Waals surface area (Å²) in [6.07, 6.45) is 4.46. The van der Waals surface area contributed by atoms with E-state index in [-0.39, 0.29) is 30.3 Å². The van der Waals surface area contributed by atoms with E-state index in [2.05, 4.69) is 20.2 Å². The molecule has 1 aromatic heterocycles. The van der Waals surface area contributed by atoms with Crippen LogP contribution in [0.4, 0.5) is 16.0 Å². The van der Waals surface area contributed by atoms with Crippen molar-refractivity contribution in [1.29, 1.82) is 0 Å². The molecule has 166 valence electrons. The number of likely N-dealkylation sites (tertiary alicyclic amines) is 1. The van der Waals surface area contributed by atoms with Crippen molar-refractivity contribution in [3.8, 4) is 16.9 Å². The van der Waals surface area contributed by atoms with Gasteiger partial charge in [0.05, 0.1) is 25.4 Å². The molecule has 3 aromatic rings. The Morgan fingerprint density at radius 2 is 2.06 bits per heavy atom. The molecule has 2 aromatic carbocycles. The highest BCUT2D eigenvalue weighted by molar-refractivity contribution is 5.92. The van der Waals surface area contributed by atoms with Gasteiger partial charge in [-0.2, -0.15) is 0 Å². The number of aromatic nitrogens is 2. The first-order chi connectivity index (χ1) is 15.5. The van der Waals surface area contributed by atoms with E-state index < -0.39 is 0 Å². The molecule has 1 atom stereocenters. The van der Waals surface area contributed by atoms with Crippen molar-refractivity contribution in [2.45, 2.75) is 25.3 Å². The SMILES string of the molecule is COc1ccc(NC(=O)CN2CCCCC2c2nc(N)ncc2-c2cccc(F)c2)cc1. The lowest BCUT2D eigenvalue weighted by Crippen LogP contribution is -2.40. The molecule has 7 nitrogen and oxygen atoms in total. The third-order valence-corrected chi connectivity index (χ3v) is 5.62. The van der Waals surface area contributed by atoms with Gasteiger partial charge in [0.1, 0.15) is 11.6 Å². The van der Waals surface area contributed by atoms with Gasteiger partial charge >= 0.3 is 0 Å². The van der Waals surface area contributed by atoms with Crippen molar-refractivity contribution in [1.82, 2.24) is 14.9 Å². The normalized spacial score (nSPS) is 16.5. The van der Waals surface area contributed by atoms with E-state index in [0.29, 0.717) is 11.3 Å². The van der Waals surface area contributed by atoms with Gasteiger partial charge < -0.3 is 15.8 Å². The summed E-state index contributed by atoms with van der Waals surface area (Å²) in [4.78, 5) is 23.5. The van der Waals surface area contributed by atoms with Crippen LogP contribution in [0, 0.1) is 5.82 Å². The molecule has 1 unspecified atom stereocenters. The van der Waals surface area contributed by atoms with E-state index >= 15 is 0 Å². The first-order valence-electron chi connectivity index (χ1n) is 10.6. The molecule has 32 heavy (non-hydrogen) atoms. The van der Waals surface area contributed by atoms with E-state index in [4.69, 9.17) is 10.5 Å². The molecular formula is C24H26FN5O2. The minimum atomic E-state index is -0.329. The number of nitrogen functional groups attached to an aromatic ring is 1. The molecule has 0 saturated carbocycles. The number of carbonyl (C=O) groups is 1. The lowest BCUT2D eigenvalue weighted by atomic mass is 9.93. The number of rotatable bonds is 6. The topological polar surface area (TPSA) is 93.4 Å². The largest absolute Gasteiger partial charge is 0.497 e. The number of benzene rings is 2. The van der Waals surface area contributed by atoms with Crippen LogP contribution in [-0.4, -0.2) is 41.0 Å². The van der Waals surface area contributed by atoms with Gasteiger partial charge in [-0.1, -0.05) is 18.6 Å². The van der Waals surface area contributed by atoms with E-state index in [1.54, 1.807) is 43.6 Å². The number of piperidine rings is 1. The van der Waals surface area contributed by atoms with Gasteiger partial charge in [0.25, 0.3) is 0 Å². The van der Waals surface area contributed by atoms with Crippen LogP contribution in [-0.2, 0) is 4.79 Å². The first-order valence-corrected chi connectivity index (χ1v) is 10.6. The minimum absolute atomic E-state index is 0.114. The fraction of sp³-hybridized carbons (Fsp3) is 0.292. The van der Waals surface area contributed by atoms with Gasteiger partial charge in [0, 0.05) is 17.4 Å². The van der Waals surface area contributed by atoms with Crippen LogP contribution in [0.15, 0.2) is 54.7 Å². The van der Waals surface area contributed by atoms with E-state index in [1.165, 1.54) is 12.1 Å². The standard InChI is InChI=1S/C24H26FN5O2/c1-32-19-10-8-18(9-11-19)28-22(31)15-30-12-3-2-7-21(30)23-20(14-27-24(26)29-23)16-5-4-6-17(25)13-16/h4-6,8-11,13-14,21H,2-3,7,12,15H2,1H3,(H,28,31)(H2,26,27,29). The summed E-state index contributed by atoms with van der Waals surface area (Å²) >= 11 is 0. The predicted octanol–water partition coefficient (Wildman–Crippen LogP) is 4.04. The number of ether oxygens (including phenoxy) is 1. The van der Waals surface area contributed by atoms with Crippen LogP contribution < -0.4 is 15.8 Å². The number of nitrogens with two attached hydrogens (primary N) is 1. The molecule has 1 aliphatic heterocycles. The fourth-order valence-electron chi connectivity index (χ4n) is 4.09. The van der Waals surface area contributed by atoms with E-state index in [0.717, 1.165) is 42.8 Å². The Morgan fingerprint density at radius 3 is 2.81 bits per heavy atom. The maximum atomic E-state index is 13.9. The summed E-state index contributed by atoms with van der Waals surface area (Å²) in [5.41, 5.74) is 8.75. The second-order valence-electron chi connectivity index (χ2n) is 7.80. The molecule has 1 saturated heterocycles. The van der Waals surface area contributed by atoms with E-state index in [1.807, 2.05) is 6.07 Å². The van der Waals surface area contributed by atoms with Crippen molar-refractivity contribution >= 4 is 17.5 Å². The van der Waals surface area contributed by atoms with Crippen LogP contribution in [0.5, 0.6) is 5.75 Å². The highest BCUT2D eigenvalue weighted by atomic mass is 19.1. The lowest BCUT2D eigenvalue weighted by Gasteiger charge is -2.35. The summed E-state index contributed by atoms with van der Waals surface area (Å²) in [5, 5.41) is 2.93. The molecule has 0 bridgehead atoms. The number of nitrogens with one attached hydrogen (secondary N) is 1. The zero-order chi connectivity index (χ0) is 22.5. The molecule has 3 N–H and O–H groups in total. The molecular weight excluding hydrogens is 409 g/mol. The monoisotopic (exact) mass is 435 g/mol. The quantitative estimate of drug-likeness (QED) is 0.607. The van der Waals surface area contributed by atoms with Crippen molar-refractivity contribution < 1.29 is 13.9 Å². The average Bonchev–Trinajstić information content (AvgIpc) is 2.80. The number of halogens is 1. The maximum Gasteiger partial charge on any atom is 0.238 e. The molecule has 8 heteroatoms. The third-order valence-electron chi connectivity index (χ3n) is 5.62. The summed E-state index contributed by atoms with van der Waals surface area (Å²) in [6, 6.07) is 13.4. The number of carbonyl (C=O) groups excluding carboxylic acids is 1. The van der Waals surface area contributed by atoms with Crippen LogP contribution in [0.3, 0.4) is 0 Å². The second-order valence-corrected chi connectivity index (χ2v) is 7.80. The van der Waals surface area contributed by atoms with Crippen LogP contribution in [0.25, 0.3) is 11.1 Å². The summed E-state index contributed by atoms with van der Waals surface area (Å²) < 4.78 is 19.0. The number of hydrogen-bond donors (Lipinski definition) is 2. The fourth-order valence-corrected chi connectivity index (χ4v) is 4.09. The Hall–Kier alpha value is -3.52.